The lowest BCUT2D eigenvalue weighted by molar-refractivity contribution is -0.140. The maximum absolute atomic E-state index is 16.9. The Kier molecular flexibility index (Phi) is 15.4. The molecule has 4 aromatic carbocycles. The van der Waals surface area contributed by atoms with Crippen molar-refractivity contribution >= 4 is 57.4 Å². The number of amides is 4. The average molecular weight is 1110 g/mol. The standard InChI is InChI=1S/C63H76F2N10O6/c1-70(62(78)79)55(40-16-8-4-9-17-40)60(76)73-30-12-20-53(73)58-66-47-24-22-42(34-49(47)68-58)51-26-27-52(75(51)44-36-45(64)57(46(65)37-44)72-32-28-39(29-33-72)38-14-6-3-7-15-38)43-23-25-48-50(35-43)69-59(67-48)54-21-13-31-74(54)61(77)56(71(2)63(80)81)41-18-10-5-11-19-41/h3,6-7,14-15,22-25,34-37,39-41,51-56H,4-5,8-13,16-21,26-33H2,1-2H3,(H,66,68)(H,67,69)(H,78,79)(H,80,81)/t51-,52-,53+,54+,55+,56+/m1/s1. The quantitative estimate of drug-likeness (QED) is 0.0867. The van der Waals surface area contributed by atoms with Gasteiger partial charge in [0.2, 0.25) is 11.8 Å². The van der Waals surface area contributed by atoms with Crippen molar-refractivity contribution < 1.29 is 38.2 Å². The Bertz CT molecular complexity index is 3100. The molecule has 0 spiro atoms. The number of piperidine rings is 1. The third-order valence-corrected chi connectivity index (χ3v) is 19.4. The molecule has 6 heterocycles. The fourth-order valence-electron chi connectivity index (χ4n) is 15.3. The molecule has 4 N–H and O–H groups in total. The molecular weight excluding hydrogens is 1030 g/mol. The molecule has 0 radical (unpaired) electrons. The molecule has 2 aromatic heterocycles. The van der Waals surface area contributed by atoms with Gasteiger partial charge in [-0.2, -0.15) is 0 Å². The van der Waals surface area contributed by atoms with Crippen molar-refractivity contribution in [3.05, 3.63) is 119 Å². The zero-order valence-electron chi connectivity index (χ0n) is 46.6. The van der Waals surface area contributed by atoms with E-state index in [1.54, 1.807) is 0 Å². The number of halogens is 2. The molecule has 4 saturated heterocycles. The number of benzene rings is 4. The van der Waals surface area contributed by atoms with Gasteiger partial charge in [0.25, 0.3) is 0 Å². The second kappa shape index (κ2) is 23.0. The van der Waals surface area contributed by atoms with Crippen molar-refractivity contribution in [1.29, 1.82) is 0 Å². The molecule has 6 fully saturated rings. The Hall–Kier alpha value is -7.24. The molecule has 81 heavy (non-hydrogen) atoms. The van der Waals surface area contributed by atoms with E-state index in [0.29, 0.717) is 86.1 Å². The lowest BCUT2D eigenvalue weighted by Crippen LogP contribution is -2.53. The van der Waals surface area contributed by atoms with Crippen LogP contribution in [0.3, 0.4) is 0 Å². The number of carbonyl (C=O) groups excluding carboxylic acids is 2. The number of fused-ring (bicyclic) bond motifs is 2. The third kappa shape index (κ3) is 10.6. The fraction of sp³-hybridized carbons (Fsp3) is 0.524. The zero-order valence-corrected chi connectivity index (χ0v) is 46.6. The van der Waals surface area contributed by atoms with E-state index >= 15 is 8.78 Å². The summed E-state index contributed by atoms with van der Waals surface area (Å²) >= 11 is 0. The van der Waals surface area contributed by atoms with Crippen molar-refractivity contribution in [1.82, 2.24) is 39.5 Å². The lowest BCUT2D eigenvalue weighted by Gasteiger charge is -2.37. The van der Waals surface area contributed by atoms with Gasteiger partial charge in [-0.05, 0) is 148 Å². The van der Waals surface area contributed by atoms with Gasteiger partial charge in [-0.1, -0.05) is 81.0 Å². The summed E-state index contributed by atoms with van der Waals surface area (Å²) in [6.07, 6.45) is 12.9. The molecule has 2 saturated carbocycles. The number of carbonyl (C=O) groups is 4. The number of nitrogens with one attached hydrogen (secondary N) is 2. The molecule has 18 heteroatoms. The Morgan fingerprint density at radius 1 is 0.531 bits per heavy atom. The van der Waals surface area contributed by atoms with Gasteiger partial charge in [0, 0.05) is 46.0 Å². The molecule has 428 valence electrons. The molecule has 6 aromatic rings. The van der Waals surface area contributed by atoms with Gasteiger partial charge < -0.3 is 39.8 Å². The van der Waals surface area contributed by atoms with Crippen LogP contribution in [0.15, 0.2) is 78.9 Å². The minimum atomic E-state index is -1.11. The van der Waals surface area contributed by atoms with Gasteiger partial charge in [-0.15, -0.1) is 0 Å². The molecule has 16 nitrogen and oxygen atoms in total. The van der Waals surface area contributed by atoms with Gasteiger partial charge >= 0.3 is 12.2 Å². The van der Waals surface area contributed by atoms with Crippen LogP contribution >= 0.6 is 0 Å². The Balaban J connectivity index is 0.853. The van der Waals surface area contributed by atoms with Gasteiger partial charge in [0.15, 0.2) is 11.6 Å². The first-order valence-corrected chi connectivity index (χ1v) is 29.9. The highest BCUT2D eigenvalue weighted by Gasteiger charge is 2.45. The number of aromatic amines is 2. The van der Waals surface area contributed by atoms with Gasteiger partial charge in [0.05, 0.1) is 46.2 Å². The first-order chi connectivity index (χ1) is 39.3. The number of likely N-dealkylation sites (tertiary alicyclic amines) is 2. The topological polar surface area (TPSA) is 186 Å². The van der Waals surface area contributed by atoms with Crippen LogP contribution in [0.4, 0.5) is 29.7 Å². The Morgan fingerprint density at radius 3 is 1.43 bits per heavy atom. The van der Waals surface area contributed by atoms with Crippen LogP contribution in [0.2, 0.25) is 0 Å². The monoisotopic (exact) mass is 1110 g/mol. The number of H-pyrrole nitrogens is 2. The highest BCUT2D eigenvalue weighted by atomic mass is 19.1. The first-order valence-electron chi connectivity index (χ1n) is 29.9. The summed E-state index contributed by atoms with van der Waals surface area (Å²) in [6.45, 7) is 2.07. The molecule has 12 rings (SSSR count). The van der Waals surface area contributed by atoms with Crippen molar-refractivity contribution in [2.24, 2.45) is 11.8 Å². The SMILES string of the molecule is CN(C(=O)O)[C@H](C(=O)N1CCC[C@H]1c1nc2cc([C@H]3CC[C@H](c4ccc5[nH]c([C@@H]6CCCN6C(=O)[C@H](C6CCCCC6)N(C)C(=O)O)nc5c4)N3c3cc(F)c(N4CCC(c5ccccc5)CC4)c(F)c3)ccc2[nH]1)C1CCCCC1. The van der Waals surface area contributed by atoms with Crippen LogP contribution in [-0.4, -0.2) is 126 Å². The predicted molar refractivity (Wildman–Crippen MR) is 306 cm³/mol. The minimum Gasteiger partial charge on any atom is -0.465 e. The van der Waals surface area contributed by atoms with E-state index in [0.717, 1.165) is 112 Å². The normalized spacial score (nSPS) is 23.2. The van der Waals surface area contributed by atoms with Gasteiger partial charge in [-0.3, -0.25) is 19.4 Å². The van der Waals surface area contributed by atoms with Crippen molar-refractivity contribution in [2.45, 2.75) is 158 Å². The number of anilines is 2. The number of likely N-dealkylation sites (N-methyl/N-ethyl adjacent to an activating group) is 2. The highest BCUT2D eigenvalue weighted by molar-refractivity contribution is 5.87. The molecule has 6 atom stereocenters. The van der Waals surface area contributed by atoms with Crippen LogP contribution in [0.25, 0.3) is 22.1 Å². The third-order valence-electron chi connectivity index (χ3n) is 19.4. The number of rotatable bonds is 13. The summed E-state index contributed by atoms with van der Waals surface area (Å²) in [5, 5.41) is 20.2. The second-order valence-electron chi connectivity index (χ2n) is 24.1. The number of hydrogen-bond donors (Lipinski definition) is 4. The highest BCUT2D eigenvalue weighted by Crippen LogP contribution is 2.50. The molecule has 6 aliphatic rings. The van der Waals surface area contributed by atoms with Crippen LogP contribution in [0.5, 0.6) is 0 Å². The molecule has 2 aliphatic carbocycles. The molecule has 4 aliphatic heterocycles. The van der Waals surface area contributed by atoms with Crippen LogP contribution in [0.1, 0.15) is 174 Å². The fourth-order valence-corrected chi connectivity index (χ4v) is 15.3. The molecule has 4 amide bonds. The second-order valence-corrected chi connectivity index (χ2v) is 24.1. The van der Waals surface area contributed by atoms with E-state index in [1.165, 1.54) is 41.6 Å². The maximum atomic E-state index is 16.9. The minimum absolute atomic E-state index is 0.00767. The number of hydrogen-bond acceptors (Lipinski definition) is 8. The number of nitrogens with zero attached hydrogens (tertiary/aromatic N) is 8. The number of aromatic nitrogens is 4. The van der Waals surface area contributed by atoms with Crippen LogP contribution < -0.4 is 9.80 Å². The Morgan fingerprint density at radius 2 is 0.988 bits per heavy atom. The summed E-state index contributed by atoms with van der Waals surface area (Å²) in [7, 11) is 3.02. The van der Waals surface area contributed by atoms with E-state index in [9.17, 15) is 29.4 Å². The average Bonchev–Trinajstić information content (AvgIpc) is 4.41. The van der Waals surface area contributed by atoms with Gasteiger partial charge in [-0.25, -0.2) is 28.3 Å². The smallest absolute Gasteiger partial charge is 0.407 e. The van der Waals surface area contributed by atoms with Crippen molar-refractivity contribution in [3.63, 3.8) is 0 Å². The van der Waals surface area contributed by atoms with E-state index < -0.39 is 35.9 Å². The van der Waals surface area contributed by atoms with Crippen LogP contribution in [0, 0.1) is 23.5 Å². The largest absolute Gasteiger partial charge is 0.465 e. The lowest BCUT2D eigenvalue weighted by atomic mass is 9.82. The number of imidazole rings is 2. The number of carboxylic acid groups (broad SMARTS) is 2. The molecular formula is C63H76F2N10O6. The maximum Gasteiger partial charge on any atom is 0.407 e. The van der Waals surface area contributed by atoms with E-state index in [4.69, 9.17) is 9.97 Å². The summed E-state index contributed by atoms with van der Waals surface area (Å²) in [6, 6.07) is 22.6. The molecule has 0 unspecified atom stereocenters. The summed E-state index contributed by atoms with van der Waals surface area (Å²) in [5.74, 6) is -0.0387. The summed E-state index contributed by atoms with van der Waals surface area (Å²) in [4.78, 5) is 81.2. The van der Waals surface area contributed by atoms with E-state index in [1.807, 2.05) is 69.3 Å². The van der Waals surface area contributed by atoms with E-state index in [-0.39, 0.29) is 53.5 Å². The van der Waals surface area contributed by atoms with E-state index in [2.05, 4.69) is 27.0 Å². The van der Waals surface area contributed by atoms with Gasteiger partial charge in [0.1, 0.15) is 29.4 Å². The van der Waals surface area contributed by atoms with Crippen molar-refractivity contribution in [2.75, 3.05) is 50.1 Å². The molecule has 0 bridgehead atoms. The first kappa shape index (κ1) is 54.4. The summed E-state index contributed by atoms with van der Waals surface area (Å²) in [5.41, 5.74) is 6.48. The predicted octanol–water partition coefficient (Wildman–Crippen LogP) is 12.6. The Labute approximate surface area is 471 Å². The zero-order chi connectivity index (χ0) is 56.1. The van der Waals surface area contributed by atoms with Crippen molar-refractivity contribution in [3.8, 4) is 0 Å². The van der Waals surface area contributed by atoms with Crippen LogP contribution in [-0.2, 0) is 9.59 Å². The summed E-state index contributed by atoms with van der Waals surface area (Å²) < 4.78 is 33.9.